The number of thioether (sulfide) groups is 1. The van der Waals surface area contributed by atoms with E-state index in [1.165, 1.54) is 35.7 Å². The quantitative estimate of drug-likeness (QED) is 0.759. The van der Waals surface area contributed by atoms with Gasteiger partial charge in [0.2, 0.25) is 0 Å². The number of aryl methyl sites for hydroxylation is 1. The number of unbranched alkanes of at least 4 members (excludes halogenated alkanes) is 1. The van der Waals surface area contributed by atoms with Crippen LogP contribution in [0.5, 0.6) is 0 Å². The Morgan fingerprint density at radius 2 is 1.93 bits per heavy atom. The molecular weight excluding hydrogens is 204 g/mol. The molecule has 0 bridgehead atoms. The van der Waals surface area contributed by atoms with E-state index in [1.807, 2.05) is 12.3 Å². The molecule has 0 atom stereocenters. The van der Waals surface area contributed by atoms with E-state index < -0.39 is 0 Å². The Balaban J connectivity index is 2.72. The number of carbonyl (C=O) groups is 1. The van der Waals surface area contributed by atoms with Crippen molar-refractivity contribution in [2.45, 2.75) is 32.6 Å². The molecule has 0 amide bonds. The van der Waals surface area contributed by atoms with Crippen LogP contribution in [0.4, 0.5) is 0 Å². The van der Waals surface area contributed by atoms with Gasteiger partial charge in [0, 0.05) is 6.42 Å². The highest BCUT2D eigenvalue weighted by Gasteiger charge is 2.05. The standard InChI is InChI=1S/C13H18OS/c1-3-4-7-11-8-5-6-9-12(11)10-13(14)15-2/h5-6,8-9H,3-4,7,10H2,1-2H3. The fraction of sp³-hybridized carbons (Fsp3) is 0.462. The van der Waals surface area contributed by atoms with Gasteiger partial charge in [-0.1, -0.05) is 49.4 Å². The monoisotopic (exact) mass is 222 g/mol. The Labute approximate surface area is 96.3 Å². The average molecular weight is 222 g/mol. The van der Waals surface area contributed by atoms with Crippen molar-refractivity contribution < 1.29 is 4.79 Å². The van der Waals surface area contributed by atoms with Gasteiger partial charge >= 0.3 is 0 Å². The van der Waals surface area contributed by atoms with Crippen LogP contribution in [0.25, 0.3) is 0 Å². The normalized spacial score (nSPS) is 10.3. The minimum atomic E-state index is 0.249. The lowest BCUT2D eigenvalue weighted by atomic mass is 10.0. The second-order valence-corrected chi connectivity index (χ2v) is 4.49. The van der Waals surface area contributed by atoms with Gasteiger partial charge < -0.3 is 0 Å². The first-order chi connectivity index (χ1) is 7.27. The predicted octanol–water partition coefficient (Wildman–Crippen LogP) is 3.46. The zero-order valence-electron chi connectivity index (χ0n) is 9.45. The molecular formula is C13H18OS. The second kappa shape index (κ2) is 6.67. The van der Waals surface area contributed by atoms with Crippen molar-refractivity contribution in [3.63, 3.8) is 0 Å². The number of hydrogen-bond donors (Lipinski definition) is 0. The molecule has 0 aliphatic carbocycles. The van der Waals surface area contributed by atoms with Crippen LogP contribution >= 0.6 is 11.8 Å². The Hall–Kier alpha value is -0.760. The highest BCUT2D eigenvalue weighted by molar-refractivity contribution is 8.13. The molecule has 0 N–H and O–H groups in total. The van der Waals surface area contributed by atoms with E-state index in [9.17, 15) is 4.79 Å². The fourth-order valence-corrected chi connectivity index (χ4v) is 1.87. The molecule has 0 spiro atoms. The summed E-state index contributed by atoms with van der Waals surface area (Å²) in [6, 6.07) is 8.27. The summed E-state index contributed by atoms with van der Waals surface area (Å²) in [7, 11) is 0. The lowest BCUT2D eigenvalue weighted by Crippen LogP contribution is -2.01. The third-order valence-corrected chi connectivity index (χ3v) is 3.08. The molecule has 0 aliphatic rings. The summed E-state index contributed by atoms with van der Waals surface area (Å²) in [5.41, 5.74) is 2.53. The molecule has 0 saturated heterocycles. The molecule has 0 unspecified atom stereocenters. The number of rotatable bonds is 5. The van der Waals surface area contributed by atoms with Gasteiger partial charge in [-0.3, -0.25) is 4.79 Å². The van der Waals surface area contributed by atoms with Crippen LogP contribution < -0.4 is 0 Å². The summed E-state index contributed by atoms with van der Waals surface area (Å²) in [4.78, 5) is 11.4. The van der Waals surface area contributed by atoms with Gasteiger partial charge in [0.25, 0.3) is 0 Å². The maximum absolute atomic E-state index is 11.4. The summed E-state index contributed by atoms with van der Waals surface area (Å²) in [6.45, 7) is 2.19. The third kappa shape index (κ3) is 4.08. The van der Waals surface area contributed by atoms with E-state index in [1.54, 1.807) is 0 Å². The molecule has 0 fully saturated rings. The minimum absolute atomic E-state index is 0.249. The first-order valence-electron chi connectivity index (χ1n) is 5.41. The zero-order chi connectivity index (χ0) is 11.1. The smallest absolute Gasteiger partial charge is 0.193 e. The van der Waals surface area contributed by atoms with Crippen LogP contribution in [0.15, 0.2) is 24.3 Å². The van der Waals surface area contributed by atoms with Crippen LogP contribution in [0, 0.1) is 0 Å². The van der Waals surface area contributed by atoms with Gasteiger partial charge in [-0.2, -0.15) is 0 Å². The minimum Gasteiger partial charge on any atom is -0.287 e. The largest absolute Gasteiger partial charge is 0.287 e. The van der Waals surface area contributed by atoms with Crippen molar-refractivity contribution in [3.8, 4) is 0 Å². The molecule has 0 saturated carbocycles. The van der Waals surface area contributed by atoms with Crippen molar-refractivity contribution >= 4 is 16.9 Å². The molecule has 0 heterocycles. The van der Waals surface area contributed by atoms with Crippen molar-refractivity contribution in [2.75, 3.05) is 6.26 Å². The molecule has 0 radical (unpaired) electrons. The van der Waals surface area contributed by atoms with E-state index in [2.05, 4.69) is 25.1 Å². The molecule has 15 heavy (non-hydrogen) atoms. The molecule has 82 valence electrons. The molecule has 1 aromatic carbocycles. The van der Waals surface area contributed by atoms with Crippen LogP contribution in [0.1, 0.15) is 30.9 Å². The summed E-state index contributed by atoms with van der Waals surface area (Å²) in [5.74, 6) is 0. The molecule has 2 heteroatoms. The van der Waals surface area contributed by atoms with Crippen molar-refractivity contribution in [2.24, 2.45) is 0 Å². The Kier molecular flexibility index (Phi) is 5.48. The average Bonchev–Trinajstić information content (AvgIpc) is 2.28. The van der Waals surface area contributed by atoms with Gasteiger partial charge in [-0.05, 0) is 30.2 Å². The number of carbonyl (C=O) groups excluding carboxylic acids is 1. The van der Waals surface area contributed by atoms with Gasteiger partial charge in [-0.15, -0.1) is 0 Å². The maximum atomic E-state index is 11.4. The summed E-state index contributed by atoms with van der Waals surface area (Å²) in [6.07, 6.45) is 5.90. The molecule has 1 rings (SSSR count). The summed E-state index contributed by atoms with van der Waals surface area (Å²) in [5, 5.41) is 0.249. The van der Waals surface area contributed by atoms with Gasteiger partial charge in [0.05, 0.1) is 0 Å². The van der Waals surface area contributed by atoms with E-state index in [0.29, 0.717) is 6.42 Å². The Bertz CT molecular complexity index is 320. The molecule has 0 aliphatic heterocycles. The highest BCUT2D eigenvalue weighted by Crippen LogP contribution is 2.15. The van der Waals surface area contributed by atoms with Gasteiger partial charge in [0.15, 0.2) is 5.12 Å². The number of hydrogen-bond acceptors (Lipinski definition) is 2. The SMILES string of the molecule is CCCCc1ccccc1CC(=O)SC. The first kappa shape index (κ1) is 12.3. The summed E-state index contributed by atoms with van der Waals surface area (Å²) < 4.78 is 0. The van der Waals surface area contributed by atoms with Gasteiger partial charge in [-0.25, -0.2) is 0 Å². The zero-order valence-corrected chi connectivity index (χ0v) is 10.3. The highest BCUT2D eigenvalue weighted by atomic mass is 32.2. The fourth-order valence-electron chi connectivity index (χ4n) is 1.57. The van der Waals surface area contributed by atoms with Crippen LogP contribution in [-0.4, -0.2) is 11.4 Å². The predicted molar refractivity (Wildman–Crippen MR) is 67.3 cm³/mol. The van der Waals surface area contributed by atoms with E-state index in [4.69, 9.17) is 0 Å². The van der Waals surface area contributed by atoms with Crippen LogP contribution in [0.3, 0.4) is 0 Å². The van der Waals surface area contributed by atoms with Crippen molar-refractivity contribution in [3.05, 3.63) is 35.4 Å². The molecule has 0 aromatic heterocycles. The van der Waals surface area contributed by atoms with Gasteiger partial charge in [0.1, 0.15) is 0 Å². The lowest BCUT2D eigenvalue weighted by molar-refractivity contribution is -0.110. The summed E-state index contributed by atoms with van der Waals surface area (Å²) >= 11 is 1.31. The van der Waals surface area contributed by atoms with E-state index in [0.717, 1.165) is 6.42 Å². The maximum Gasteiger partial charge on any atom is 0.193 e. The van der Waals surface area contributed by atoms with Crippen molar-refractivity contribution in [1.82, 2.24) is 0 Å². The Morgan fingerprint density at radius 1 is 1.27 bits per heavy atom. The van der Waals surface area contributed by atoms with E-state index >= 15 is 0 Å². The van der Waals surface area contributed by atoms with Crippen LogP contribution in [-0.2, 0) is 17.6 Å². The molecule has 1 aromatic rings. The molecule has 1 nitrogen and oxygen atoms in total. The second-order valence-electron chi connectivity index (χ2n) is 3.63. The van der Waals surface area contributed by atoms with Crippen LogP contribution in [0.2, 0.25) is 0 Å². The third-order valence-electron chi connectivity index (χ3n) is 2.48. The lowest BCUT2D eigenvalue weighted by Gasteiger charge is -2.07. The topological polar surface area (TPSA) is 17.1 Å². The number of benzene rings is 1. The first-order valence-corrected chi connectivity index (χ1v) is 6.64. The van der Waals surface area contributed by atoms with E-state index in [-0.39, 0.29) is 5.12 Å². The van der Waals surface area contributed by atoms with Crippen molar-refractivity contribution in [1.29, 1.82) is 0 Å². The Morgan fingerprint density at radius 3 is 2.53 bits per heavy atom.